The molecule has 0 spiro atoms. The van der Waals surface area contributed by atoms with Crippen LogP contribution < -0.4 is 0 Å². The van der Waals surface area contributed by atoms with Gasteiger partial charge in [0.05, 0.1) is 22.7 Å². The third-order valence-corrected chi connectivity index (χ3v) is 7.21. The van der Waals surface area contributed by atoms with Crippen molar-refractivity contribution >= 4 is 21.9 Å². The second-order valence-corrected chi connectivity index (χ2v) is 9.92. The number of benzene rings is 1. The van der Waals surface area contributed by atoms with Crippen LogP contribution in [0, 0.1) is 0 Å². The van der Waals surface area contributed by atoms with E-state index in [0.717, 1.165) is 25.7 Å². The Bertz CT molecular complexity index is 854. The maximum Gasteiger partial charge on any atom is 0.338 e. The molecule has 2 atom stereocenters. The van der Waals surface area contributed by atoms with Crippen molar-refractivity contribution in [2.45, 2.75) is 56.6 Å². The number of ether oxygens (including phenoxy) is 2. The van der Waals surface area contributed by atoms with Crippen LogP contribution in [0.2, 0.25) is 0 Å². The molecule has 0 N–H and O–H groups in total. The lowest BCUT2D eigenvalue weighted by Gasteiger charge is -2.34. The highest BCUT2D eigenvalue weighted by Crippen LogP contribution is 2.22. The Kier molecular flexibility index (Phi) is 7.49. The summed E-state index contributed by atoms with van der Waals surface area (Å²) < 4.78 is 38.2. The fraction of sp³-hybridized carbons (Fsp3) is 0.619. The molecule has 0 saturated carbocycles. The van der Waals surface area contributed by atoms with E-state index in [0.29, 0.717) is 13.1 Å². The molecule has 0 unspecified atom stereocenters. The van der Waals surface area contributed by atoms with Crippen LogP contribution in [0.4, 0.5) is 0 Å². The molecule has 166 valence electrons. The largest absolute Gasteiger partial charge is 0.452 e. The van der Waals surface area contributed by atoms with Crippen LogP contribution in [0.1, 0.15) is 49.9 Å². The highest BCUT2D eigenvalue weighted by atomic mass is 32.2. The predicted octanol–water partition coefficient (Wildman–Crippen LogP) is 2.04. The molecule has 1 aromatic rings. The maximum atomic E-state index is 13.0. The topological polar surface area (TPSA) is 93.2 Å². The number of nitrogens with zero attached hydrogens (tertiary/aromatic N) is 2. The van der Waals surface area contributed by atoms with Crippen LogP contribution >= 0.6 is 0 Å². The summed E-state index contributed by atoms with van der Waals surface area (Å²) in [7, 11) is -3.77. The van der Waals surface area contributed by atoms with Gasteiger partial charge in [-0.05, 0) is 44.9 Å². The lowest BCUT2D eigenvalue weighted by Crippen LogP contribution is -2.48. The first-order valence-corrected chi connectivity index (χ1v) is 11.9. The van der Waals surface area contributed by atoms with Gasteiger partial charge in [0, 0.05) is 26.2 Å². The smallest absolute Gasteiger partial charge is 0.338 e. The normalized spacial score (nSPS) is 23.6. The van der Waals surface area contributed by atoms with Crippen LogP contribution in [0.15, 0.2) is 29.2 Å². The summed E-state index contributed by atoms with van der Waals surface area (Å²) in [5.41, 5.74) is 0.106. The minimum atomic E-state index is -3.77. The first kappa shape index (κ1) is 22.7. The van der Waals surface area contributed by atoms with Gasteiger partial charge < -0.3 is 14.4 Å². The van der Waals surface area contributed by atoms with E-state index in [2.05, 4.69) is 0 Å². The number of hydrogen-bond donors (Lipinski definition) is 0. The SMILES string of the molecule is C[C@@H]1CN(S(=O)(=O)c2cccc(C(=O)OCC(=O)N3CCCCCC3)c2)C[C@H](C)O1. The van der Waals surface area contributed by atoms with E-state index in [1.807, 2.05) is 13.8 Å². The number of sulfonamides is 1. The molecule has 0 aromatic heterocycles. The highest BCUT2D eigenvalue weighted by molar-refractivity contribution is 7.89. The van der Waals surface area contributed by atoms with Crippen LogP contribution in [0.3, 0.4) is 0 Å². The zero-order valence-corrected chi connectivity index (χ0v) is 18.4. The standard InChI is InChI=1S/C21H30N2O6S/c1-16-13-23(14-17(2)29-16)30(26,27)19-9-7-8-18(12-19)21(25)28-15-20(24)22-10-5-3-4-6-11-22/h7-9,12,16-17H,3-6,10-11,13-15H2,1-2H3/t16-,17+. The average molecular weight is 439 g/mol. The Balaban J connectivity index is 1.65. The van der Waals surface area contributed by atoms with Crippen LogP contribution in [0.25, 0.3) is 0 Å². The highest BCUT2D eigenvalue weighted by Gasteiger charge is 2.32. The van der Waals surface area contributed by atoms with E-state index < -0.39 is 16.0 Å². The van der Waals surface area contributed by atoms with E-state index in [-0.39, 0.29) is 48.3 Å². The summed E-state index contributed by atoms with van der Waals surface area (Å²) in [6.45, 7) is 5.19. The molecule has 2 aliphatic rings. The van der Waals surface area contributed by atoms with Crippen LogP contribution in [0.5, 0.6) is 0 Å². The van der Waals surface area contributed by atoms with E-state index in [9.17, 15) is 18.0 Å². The molecule has 0 aliphatic carbocycles. The molecule has 2 fully saturated rings. The molecular weight excluding hydrogens is 408 g/mol. The molecule has 3 rings (SSSR count). The summed E-state index contributed by atoms with van der Waals surface area (Å²) in [5.74, 6) is -0.927. The Morgan fingerprint density at radius 3 is 2.33 bits per heavy atom. The third kappa shape index (κ3) is 5.59. The van der Waals surface area contributed by atoms with Gasteiger partial charge in [-0.3, -0.25) is 4.79 Å². The summed E-state index contributed by atoms with van der Waals surface area (Å²) in [4.78, 5) is 26.5. The van der Waals surface area contributed by atoms with Gasteiger partial charge in [0.2, 0.25) is 10.0 Å². The minimum Gasteiger partial charge on any atom is -0.452 e. The quantitative estimate of drug-likeness (QED) is 0.653. The summed E-state index contributed by atoms with van der Waals surface area (Å²) in [6.07, 6.45) is 3.71. The van der Waals surface area contributed by atoms with Gasteiger partial charge >= 0.3 is 5.97 Å². The number of carbonyl (C=O) groups excluding carboxylic acids is 2. The molecule has 30 heavy (non-hydrogen) atoms. The molecule has 1 aromatic carbocycles. The van der Waals surface area contributed by atoms with Gasteiger partial charge in [0.25, 0.3) is 5.91 Å². The van der Waals surface area contributed by atoms with Gasteiger partial charge in [-0.25, -0.2) is 13.2 Å². The van der Waals surface area contributed by atoms with Crippen molar-refractivity contribution in [2.75, 3.05) is 32.8 Å². The Morgan fingerprint density at radius 1 is 1.07 bits per heavy atom. The zero-order chi connectivity index (χ0) is 21.7. The zero-order valence-electron chi connectivity index (χ0n) is 17.6. The molecule has 2 aliphatic heterocycles. The van der Waals surface area contributed by atoms with Crippen molar-refractivity contribution in [3.63, 3.8) is 0 Å². The van der Waals surface area contributed by atoms with Crippen LogP contribution in [-0.4, -0.2) is 74.5 Å². The lowest BCUT2D eigenvalue weighted by atomic mass is 10.2. The maximum absolute atomic E-state index is 13.0. The number of morpholine rings is 1. The van der Waals surface area contributed by atoms with Crippen molar-refractivity contribution in [3.8, 4) is 0 Å². The Labute approximate surface area is 178 Å². The number of hydrogen-bond acceptors (Lipinski definition) is 6. The fourth-order valence-electron chi connectivity index (χ4n) is 3.88. The number of rotatable bonds is 5. The van der Waals surface area contributed by atoms with Crippen molar-refractivity contribution in [1.29, 1.82) is 0 Å². The first-order valence-electron chi connectivity index (χ1n) is 10.5. The van der Waals surface area contributed by atoms with Crippen molar-refractivity contribution < 1.29 is 27.5 Å². The van der Waals surface area contributed by atoms with Gasteiger partial charge in [0.1, 0.15) is 0 Å². The molecule has 0 bridgehead atoms. The Hall–Kier alpha value is -1.97. The second kappa shape index (κ2) is 9.89. The third-order valence-electron chi connectivity index (χ3n) is 5.38. The average Bonchev–Trinajstić information content (AvgIpc) is 3.01. The van der Waals surface area contributed by atoms with Crippen molar-refractivity contribution in [2.24, 2.45) is 0 Å². The van der Waals surface area contributed by atoms with Gasteiger partial charge in [-0.2, -0.15) is 4.31 Å². The first-order chi connectivity index (χ1) is 14.3. The van der Waals surface area contributed by atoms with Crippen molar-refractivity contribution in [3.05, 3.63) is 29.8 Å². The van der Waals surface area contributed by atoms with E-state index in [1.165, 1.54) is 28.6 Å². The van der Waals surface area contributed by atoms with E-state index in [1.54, 1.807) is 4.90 Å². The van der Waals surface area contributed by atoms with E-state index in [4.69, 9.17) is 9.47 Å². The number of esters is 1. The molecular formula is C21H30N2O6S. The number of carbonyl (C=O) groups is 2. The van der Waals surface area contributed by atoms with Gasteiger partial charge in [-0.15, -0.1) is 0 Å². The molecule has 9 heteroatoms. The minimum absolute atomic E-state index is 0.0251. The van der Waals surface area contributed by atoms with Gasteiger partial charge in [-0.1, -0.05) is 18.9 Å². The summed E-state index contributed by atoms with van der Waals surface area (Å²) >= 11 is 0. The molecule has 0 radical (unpaired) electrons. The van der Waals surface area contributed by atoms with E-state index >= 15 is 0 Å². The predicted molar refractivity (Wildman–Crippen MR) is 111 cm³/mol. The number of likely N-dealkylation sites (tertiary alicyclic amines) is 1. The fourth-order valence-corrected chi connectivity index (χ4v) is 5.52. The lowest BCUT2D eigenvalue weighted by molar-refractivity contribution is -0.134. The summed E-state index contributed by atoms with van der Waals surface area (Å²) in [5, 5.41) is 0. The van der Waals surface area contributed by atoms with Gasteiger partial charge in [0.15, 0.2) is 6.61 Å². The number of amides is 1. The molecule has 1 amide bonds. The molecule has 8 nitrogen and oxygen atoms in total. The van der Waals surface area contributed by atoms with Crippen LogP contribution in [-0.2, 0) is 24.3 Å². The summed E-state index contributed by atoms with van der Waals surface area (Å²) in [6, 6.07) is 5.76. The van der Waals surface area contributed by atoms with Crippen molar-refractivity contribution in [1.82, 2.24) is 9.21 Å². The molecule has 2 heterocycles. The molecule has 2 saturated heterocycles. The second-order valence-electron chi connectivity index (χ2n) is 7.98. The Morgan fingerprint density at radius 2 is 1.70 bits per heavy atom. The monoisotopic (exact) mass is 438 g/mol.